The number of unbranched alkanes of at least 4 members (excludes halogenated alkanes) is 1. The quantitative estimate of drug-likeness (QED) is 0.696. The molecule has 0 aliphatic rings. The molecule has 0 aromatic heterocycles. The van der Waals surface area contributed by atoms with E-state index >= 15 is 0 Å². The molecule has 0 spiro atoms. The fraction of sp³-hybridized carbons (Fsp3) is 0.533. The highest BCUT2D eigenvalue weighted by Gasteiger charge is 2.01. The van der Waals surface area contributed by atoms with Crippen LogP contribution in [0, 0.1) is 0 Å². The second-order valence-corrected chi connectivity index (χ2v) is 4.40. The van der Waals surface area contributed by atoms with E-state index in [-0.39, 0.29) is 5.91 Å². The molecule has 0 atom stereocenters. The minimum atomic E-state index is 0.104. The van der Waals surface area contributed by atoms with Crippen molar-refractivity contribution < 1.29 is 14.3 Å². The van der Waals surface area contributed by atoms with Crippen molar-refractivity contribution in [1.29, 1.82) is 0 Å². The molecule has 0 bridgehead atoms. The minimum Gasteiger partial charge on any atom is -0.497 e. The summed E-state index contributed by atoms with van der Waals surface area (Å²) in [7, 11) is 3.29. The average molecular weight is 265 g/mol. The lowest BCUT2D eigenvalue weighted by atomic mass is 10.1. The number of hydrogen-bond acceptors (Lipinski definition) is 3. The molecule has 0 unspecified atom stereocenters. The number of amides is 1. The highest BCUT2D eigenvalue weighted by Crippen LogP contribution is 2.13. The summed E-state index contributed by atoms with van der Waals surface area (Å²) >= 11 is 0. The third-order valence-corrected chi connectivity index (χ3v) is 2.91. The highest BCUT2D eigenvalue weighted by molar-refractivity contribution is 5.75. The van der Waals surface area contributed by atoms with E-state index in [4.69, 9.17) is 9.47 Å². The zero-order valence-corrected chi connectivity index (χ0v) is 11.8. The van der Waals surface area contributed by atoms with Crippen LogP contribution in [0.1, 0.15) is 24.8 Å². The third-order valence-electron chi connectivity index (χ3n) is 2.91. The molecule has 0 aliphatic heterocycles. The fourth-order valence-corrected chi connectivity index (χ4v) is 1.79. The molecule has 1 N–H and O–H groups in total. The standard InChI is InChI=1S/C15H23NO3/c1-18-12-11-16-15(17)6-4-3-5-13-7-9-14(19-2)10-8-13/h7-10H,3-6,11-12H2,1-2H3,(H,16,17). The van der Waals surface area contributed by atoms with Crippen molar-refractivity contribution in [2.75, 3.05) is 27.4 Å². The lowest BCUT2D eigenvalue weighted by Crippen LogP contribution is -2.26. The van der Waals surface area contributed by atoms with Gasteiger partial charge in [0.2, 0.25) is 5.91 Å². The first-order chi connectivity index (χ1) is 9.26. The predicted octanol–water partition coefficient (Wildman–Crippen LogP) is 2.17. The molecule has 0 radical (unpaired) electrons. The van der Waals surface area contributed by atoms with Crippen molar-refractivity contribution >= 4 is 5.91 Å². The topological polar surface area (TPSA) is 47.6 Å². The Balaban J connectivity index is 2.11. The van der Waals surface area contributed by atoms with Gasteiger partial charge in [-0.3, -0.25) is 4.79 Å². The van der Waals surface area contributed by atoms with E-state index in [1.54, 1.807) is 14.2 Å². The molecule has 106 valence electrons. The molecule has 0 saturated carbocycles. The summed E-state index contributed by atoms with van der Waals surface area (Å²) in [5.74, 6) is 0.980. The summed E-state index contributed by atoms with van der Waals surface area (Å²) in [6.07, 6.45) is 3.50. The molecule has 4 heteroatoms. The van der Waals surface area contributed by atoms with Crippen molar-refractivity contribution in [1.82, 2.24) is 5.32 Å². The lowest BCUT2D eigenvalue weighted by molar-refractivity contribution is -0.121. The summed E-state index contributed by atoms with van der Waals surface area (Å²) in [5, 5.41) is 2.82. The summed E-state index contributed by atoms with van der Waals surface area (Å²) < 4.78 is 9.98. The van der Waals surface area contributed by atoms with Crippen LogP contribution in [0.3, 0.4) is 0 Å². The van der Waals surface area contributed by atoms with Gasteiger partial charge in [-0.1, -0.05) is 12.1 Å². The first-order valence-corrected chi connectivity index (χ1v) is 6.65. The molecule has 1 aromatic carbocycles. The molecule has 1 rings (SSSR count). The molecule has 1 amide bonds. The van der Waals surface area contributed by atoms with Crippen LogP contribution in [-0.2, 0) is 16.0 Å². The Kier molecular flexibility index (Phi) is 7.66. The van der Waals surface area contributed by atoms with Crippen molar-refractivity contribution in [3.8, 4) is 5.75 Å². The maximum absolute atomic E-state index is 11.4. The van der Waals surface area contributed by atoms with Crippen LogP contribution in [-0.4, -0.2) is 33.3 Å². The van der Waals surface area contributed by atoms with Gasteiger partial charge in [-0.25, -0.2) is 0 Å². The molecule has 0 aliphatic carbocycles. The van der Waals surface area contributed by atoms with Crippen LogP contribution in [0.5, 0.6) is 5.75 Å². The number of benzene rings is 1. The predicted molar refractivity (Wildman–Crippen MR) is 75.4 cm³/mol. The Labute approximate surface area is 115 Å². The van der Waals surface area contributed by atoms with E-state index in [1.165, 1.54) is 5.56 Å². The summed E-state index contributed by atoms with van der Waals surface area (Å²) in [4.78, 5) is 11.4. The Bertz CT molecular complexity index is 362. The van der Waals surface area contributed by atoms with Gasteiger partial charge in [-0.15, -0.1) is 0 Å². The van der Waals surface area contributed by atoms with Crippen LogP contribution in [0.25, 0.3) is 0 Å². The molecule has 0 fully saturated rings. The van der Waals surface area contributed by atoms with Gasteiger partial charge >= 0.3 is 0 Å². The number of carbonyl (C=O) groups excluding carboxylic acids is 1. The molecular formula is C15H23NO3. The van der Waals surface area contributed by atoms with Crippen molar-refractivity contribution in [2.24, 2.45) is 0 Å². The smallest absolute Gasteiger partial charge is 0.220 e. The maximum atomic E-state index is 11.4. The molecular weight excluding hydrogens is 242 g/mol. The number of hydrogen-bond donors (Lipinski definition) is 1. The SMILES string of the molecule is COCCNC(=O)CCCCc1ccc(OC)cc1. The number of rotatable bonds is 9. The monoisotopic (exact) mass is 265 g/mol. The number of aryl methyl sites for hydroxylation is 1. The van der Waals surface area contributed by atoms with Gasteiger partial charge in [-0.05, 0) is 37.0 Å². The van der Waals surface area contributed by atoms with Gasteiger partial charge in [-0.2, -0.15) is 0 Å². The van der Waals surface area contributed by atoms with Gasteiger partial charge in [0, 0.05) is 20.1 Å². The Morgan fingerprint density at radius 1 is 1.16 bits per heavy atom. The Hall–Kier alpha value is -1.55. The number of carbonyl (C=O) groups is 1. The second-order valence-electron chi connectivity index (χ2n) is 4.40. The summed E-state index contributed by atoms with van der Waals surface area (Å²) in [5.41, 5.74) is 1.28. The zero-order valence-electron chi connectivity index (χ0n) is 11.8. The largest absolute Gasteiger partial charge is 0.497 e. The van der Waals surface area contributed by atoms with E-state index in [0.29, 0.717) is 19.6 Å². The Morgan fingerprint density at radius 2 is 1.89 bits per heavy atom. The first-order valence-electron chi connectivity index (χ1n) is 6.65. The Morgan fingerprint density at radius 3 is 2.53 bits per heavy atom. The van der Waals surface area contributed by atoms with Crippen molar-refractivity contribution in [3.05, 3.63) is 29.8 Å². The molecule has 0 saturated heterocycles. The summed E-state index contributed by atoms with van der Waals surface area (Å²) in [6.45, 7) is 1.16. The molecule has 19 heavy (non-hydrogen) atoms. The van der Waals surface area contributed by atoms with Gasteiger partial charge in [0.25, 0.3) is 0 Å². The van der Waals surface area contributed by atoms with E-state index in [0.717, 1.165) is 25.0 Å². The van der Waals surface area contributed by atoms with Crippen molar-refractivity contribution in [3.63, 3.8) is 0 Å². The van der Waals surface area contributed by atoms with Crippen LogP contribution in [0.2, 0.25) is 0 Å². The van der Waals surface area contributed by atoms with E-state index in [1.807, 2.05) is 12.1 Å². The second kappa shape index (κ2) is 9.39. The number of ether oxygens (including phenoxy) is 2. The third kappa shape index (κ3) is 6.82. The van der Waals surface area contributed by atoms with Crippen molar-refractivity contribution in [2.45, 2.75) is 25.7 Å². The first kappa shape index (κ1) is 15.5. The van der Waals surface area contributed by atoms with Crippen LogP contribution in [0.15, 0.2) is 24.3 Å². The van der Waals surface area contributed by atoms with Crippen LogP contribution < -0.4 is 10.1 Å². The normalized spacial score (nSPS) is 10.2. The molecule has 0 heterocycles. The van der Waals surface area contributed by atoms with E-state index in [2.05, 4.69) is 17.4 Å². The number of nitrogens with one attached hydrogen (secondary N) is 1. The fourth-order valence-electron chi connectivity index (χ4n) is 1.79. The molecule has 1 aromatic rings. The molecule has 4 nitrogen and oxygen atoms in total. The zero-order chi connectivity index (χ0) is 13.9. The lowest BCUT2D eigenvalue weighted by Gasteiger charge is -2.05. The summed E-state index contributed by atoms with van der Waals surface area (Å²) in [6, 6.07) is 8.06. The van der Waals surface area contributed by atoms with Gasteiger partial charge in [0.05, 0.1) is 13.7 Å². The van der Waals surface area contributed by atoms with Gasteiger partial charge in [0.15, 0.2) is 0 Å². The average Bonchev–Trinajstić information content (AvgIpc) is 2.44. The van der Waals surface area contributed by atoms with Gasteiger partial charge in [0.1, 0.15) is 5.75 Å². The number of methoxy groups -OCH3 is 2. The van der Waals surface area contributed by atoms with Crippen LogP contribution in [0.4, 0.5) is 0 Å². The van der Waals surface area contributed by atoms with E-state index < -0.39 is 0 Å². The van der Waals surface area contributed by atoms with Gasteiger partial charge < -0.3 is 14.8 Å². The minimum absolute atomic E-state index is 0.104. The highest BCUT2D eigenvalue weighted by atomic mass is 16.5. The van der Waals surface area contributed by atoms with E-state index in [9.17, 15) is 4.79 Å². The van der Waals surface area contributed by atoms with Crippen LogP contribution >= 0.6 is 0 Å². The maximum Gasteiger partial charge on any atom is 0.220 e.